The van der Waals surface area contributed by atoms with Gasteiger partial charge in [-0.25, -0.2) is 4.39 Å². The summed E-state index contributed by atoms with van der Waals surface area (Å²) in [6.45, 7) is 1.03. The van der Waals surface area contributed by atoms with E-state index in [1.54, 1.807) is 12.1 Å². The first-order valence-electron chi connectivity index (χ1n) is 6.38. The van der Waals surface area contributed by atoms with Gasteiger partial charge in [0, 0.05) is 18.1 Å². The Morgan fingerprint density at radius 1 is 1.42 bits per heavy atom. The number of aliphatic carboxylic acids is 1. The Morgan fingerprint density at radius 2 is 2.11 bits per heavy atom. The highest BCUT2D eigenvalue weighted by Crippen LogP contribution is 2.33. The minimum absolute atomic E-state index is 0.0226. The van der Waals surface area contributed by atoms with Crippen LogP contribution in [0.15, 0.2) is 24.3 Å². The van der Waals surface area contributed by atoms with Gasteiger partial charge in [-0.1, -0.05) is 23.7 Å². The Balaban J connectivity index is 2.15. The maximum atomic E-state index is 12.4. The molecule has 1 saturated heterocycles. The monoisotopic (exact) mass is 285 g/mol. The number of carbonyl (C=O) groups is 1. The first-order valence-corrected chi connectivity index (χ1v) is 6.76. The lowest BCUT2D eigenvalue weighted by atomic mass is 9.80. The van der Waals surface area contributed by atoms with Crippen LogP contribution in [0.25, 0.3) is 0 Å². The van der Waals surface area contributed by atoms with Gasteiger partial charge in [-0.15, -0.1) is 0 Å². The van der Waals surface area contributed by atoms with E-state index in [0.29, 0.717) is 18.1 Å². The molecule has 1 aromatic carbocycles. The minimum Gasteiger partial charge on any atom is -0.481 e. The number of carboxylic acids is 1. The Kier molecular flexibility index (Phi) is 4.77. The predicted molar refractivity (Wildman–Crippen MR) is 72.4 cm³/mol. The van der Waals surface area contributed by atoms with Crippen molar-refractivity contribution in [2.45, 2.75) is 12.3 Å². The van der Waals surface area contributed by atoms with Crippen molar-refractivity contribution in [2.24, 2.45) is 5.92 Å². The van der Waals surface area contributed by atoms with Crippen LogP contribution in [0.5, 0.6) is 0 Å². The van der Waals surface area contributed by atoms with Crippen LogP contribution in [0, 0.1) is 5.92 Å². The highest BCUT2D eigenvalue weighted by molar-refractivity contribution is 6.30. The molecule has 0 spiro atoms. The van der Waals surface area contributed by atoms with E-state index in [0.717, 1.165) is 18.5 Å². The number of likely N-dealkylation sites (tertiary alicyclic amines) is 1. The summed E-state index contributed by atoms with van der Waals surface area (Å²) in [5.74, 6) is -1.32. The molecule has 0 aliphatic carbocycles. The van der Waals surface area contributed by atoms with Gasteiger partial charge in [0.05, 0.1) is 5.92 Å². The normalized spacial score (nSPS) is 24.3. The lowest BCUT2D eigenvalue weighted by Gasteiger charge is -2.36. The molecule has 0 bridgehead atoms. The van der Waals surface area contributed by atoms with Crippen molar-refractivity contribution < 1.29 is 14.3 Å². The third kappa shape index (κ3) is 3.45. The summed E-state index contributed by atoms with van der Waals surface area (Å²) in [5.41, 5.74) is 0.997. The van der Waals surface area contributed by atoms with Gasteiger partial charge in [0.1, 0.15) is 6.67 Å². The third-order valence-electron chi connectivity index (χ3n) is 3.71. The van der Waals surface area contributed by atoms with E-state index in [1.165, 1.54) is 0 Å². The van der Waals surface area contributed by atoms with Crippen LogP contribution in [0.4, 0.5) is 4.39 Å². The van der Waals surface area contributed by atoms with E-state index in [2.05, 4.69) is 0 Å². The molecule has 3 nitrogen and oxygen atoms in total. The first-order chi connectivity index (χ1) is 9.11. The number of nitrogens with zero attached hydrogens (tertiary/aromatic N) is 1. The summed E-state index contributed by atoms with van der Waals surface area (Å²) in [4.78, 5) is 13.3. The fraction of sp³-hybridized carbons (Fsp3) is 0.500. The number of piperidine rings is 1. The van der Waals surface area contributed by atoms with Gasteiger partial charge < -0.3 is 5.11 Å². The molecular weight excluding hydrogens is 269 g/mol. The van der Waals surface area contributed by atoms with Gasteiger partial charge >= 0.3 is 5.97 Å². The van der Waals surface area contributed by atoms with Gasteiger partial charge in [-0.2, -0.15) is 0 Å². The number of hydrogen-bond donors (Lipinski definition) is 1. The molecule has 2 unspecified atom stereocenters. The Bertz CT molecular complexity index is 438. The lowest BCUT2D eigenvalue weighted by molar-refractivity contribution is -0.144. The van der Waals surface area contributed by atoms with Crippen LogP contribution in [-0.2, 0) is 4.79 Å². The highest BCUT2D eigenvalue weighted by Gasteiger charge is 2.34. The smallest absolute Gasteiger partial charge is 0.308 e. The molecule has 0 radical (unpaired) electrons. The second kappa shape index (κ2) is 6.35. The van der Waals surface area contributed by atoms with Gasteiger partial charge in [-0.3, -0.25) is 9.69 Å². The molecule has 0 amide bonds. The van der Waals surface area contributed by atoms with Gasteiger partial charge in [-0.05, 0) is 36.6 Å². The van der Waals surface area contributed by atoms with Crippen molar-refractivity contribution in [3.05, 3.63) is 34.9 Å². The van der Waals surface area contributed by atoms with Crippen LogP contribution in [0.2, 0.25) is 5.02 Å². The number of halogens is 2. The van der Waals surface area contributed by atoms with Crippen LogP contribution in [-0.4, -0.2) is 42.3 Å². The van der Waals surface area contributed by atoms with Crippen molar-refractivity contribution in [2.75, 3.05) is 26.3 Å². The SMILES string of the molecule is O=C(O)C1CN(CCF)CCC1c1ccc(Cl)cc1. The third-order valence-corrected chi connectivity index (χ3v) is 3.97. The summed E-state index contributed by atoms with van der Waals surface area (Å²) in [6.07, 6.45) is 0.735. The summed E-state index contributed by atoms with van der Waals surface area (Å²) >= 11 is 5.85. The number of benzene rings is 1. The van der Waals surface area contributed by atoms with E-state index in [9.17, 15) is 14.3 Å². The average molecular weight is 286 g/mol. The lowest BCUT2D eigenvalue weighted by Crippen LogP contribution is -2.43. The van der Waals surface area contributed by atoms with Crippen molar-refractivity contribution >= 4 is 17.6 Å². The molecule has 1 aliphatic heterocycles. The van der Waals surface area contributed by atoms with E-state index in [4.69, 9.17) is 11.6 Å². The zero-order valence-corrected chi connectivity index (χ0v) is 11.3. The van der Waals surface area contributed by atoms with Crippen molar-refractivity contribution in [1.82, 2.24) is 4.90 Å². The predicted octanol–water partition coefficient (Wildman–Crippen LogP) is 2.80. The van der Waals surface area contributed by atoms with Gasteiger partial charge in [0.2, 0.25) is 0 Å². The Hall–Kier alpha value is -1.13. The van der Waals surface area contributed by atoms with E-state index in [-0.39, 0.29) is 5.92 Å². The number of alkyl halides is 1. The van der Waals surface area contributed by atoms with Crippen LogP contribution in [0.3, 0.4) is 0 Å². The quantitative estimate of drug-likeness (QED) is 0.925. The van der Waals surface area contributed by atoms with Crippen molar-refractivity contribution in [1.29, 1.82) is 0 Å². The zero-order valence-electron chi connectivity index (χ0n) is 10.6. The summed E-state index contributed by atoms with van der Waals surface area (Å²) in [6, 6.07) is 7.33. The molecule has 2 atom stereocenters. The zero-order chi connectivity index (χ0) is 13.8. The van der Waals surface area contributed by atoms with E-state index >= 15 is 0 Å². The topological polar surface area (TPSA) is 40.5 Å². The molecule has 104 valence electrons. The molecule has 2 rings (SSSR count). The molecule has 19 heavy (non-hydrogen) atoms. The van der Waals surface area contributed by atoms with Crippen LogP contribution < -0.4 is 0 Å². The second-order valence-corrected chi connectivity index (χ2v) is 5.32. The number of rotatable bonds is 4. The van der Waals surface area contributed by atoms with Crippen LogP contribution in [0.1, 0.15) is 17.9 Å². The van der Waals surface area contributed by atoms with Gasteiger partial charge in [0.25, 0.3) is 0 Å². The molecule has 0 aromatic heterocycles. The van der Waals surface area contributed by atoms with Gasteiger partial charge in [0.15, 0.2) is 0 Å². The van der Waals surface area contributed by atoms with E-state index in [1.807, 2.05) is 17.0 Å². The summed E-state index contributed by atoms with van der Waals surface area (Å²) in [7, 11) is 0. The van der Waals surface area contributed by atoms with Crippen molar-refractivity contribution in [3.8, 4) is 0 Å². The molecule has 1 N–H and O–H groups in total. The standard InChI is InChI=1S/C14H17ClFNO2/c15-11-3-1-10(2-4-11)12-5-7-17(8-6-16)9-13(12)14(18)19/h1-4,12-13H,5-9H2,(H,18,19). The minimum atomic E-state index is -0.816. The summed E-state index contributed by atoms with van der Waals surface area (Å²) < 4.78 is 12.4. The van der Waals surface area contributed by atoms with Crippen LogP contribution >= 0.6 is 11.6 Å². The molecule has 1 aliphatic rings. The Morgan fingerprint density at radius 3 is 2.68 bits per heavy atom. The maximum Gasteiger partial charge on any atom is 0.308 e. The Labute approximate surface area is 117 Å². The molecular formula is C14H17ClFNO2. The average Bonchev–Trinajstić information content (AvgIpc) is 2.40. The molecule has 0 saturated carbocycles. The molecule has 5 heteroatoms. The number of carboxylic acid groups (broad SMARTS) is 1. The first kappa shape index (κ1) is 14.3. The fourth-order valence-corrected chi connectivity index (χ4v) is 2.83. The second-order valence-electron chi connectivity index (χ2n) is 4.88. The molecule has 1 aromatic rings. The fourth-order valence-electron chi connectivity index (χ4n) is 2.70. The maximum absolute atomic E-state index is 12.4. The highest BCUT2D eigenvalue weighted by atomic mass is 35.5. The molecule has 1 fully saturated rings. The van der Waals surface area contributed by atoms with Crippen molar-refractivity contribution in [3.63, 3.8) is 0 Å². The largest absolute Gasteiger partial charge is 0.481 e. The summed E-state index contributed by atoms with van der Waals surface area (Å²) in [5, 5.41) is 10.0. The number of hydrogen-bond acceptors (Lipinski definition) is 2. The van der Waals surface area contributed by atoms with E-state index < -0.39 is 18.6 Å². The molecule has 1 heterocycles.